The van der Waals surface area contributed by atoms with Crippen molar-refractivity contribution in [1.82, 2.24) is 9.80 Å². The van der Waals surface area contributed by atoms with Crippen LogP contribution in [0.2, 0.25) is 0 Å². The molecule has 5 nitrogen and oxygen atoms in total. The normalized spacial score (nSPS) is 15.4. The molecule has 0 spiro atoms. The Morgan fingerprint density at radius 1 is 1.33 bits per heavy atom. The van der Waals surface area contributed by atoms with Crippen LogP contribution in [-0.4, -0.2) is 52.5 Å². The maximum absolute atomic E-state index is 12.1. The quantitative estimate of drug-likeness (QED) is 0.659. The highest BCUT2D eigenvalue weighted by atomic mass is 32.1. The molecule has 0 atom stereocenters. The zero-order chi connectivity index (χ0) is 15.4. The molecule has 0 aliphatic carbocycles. The largest absolute Gasteiger partial charge is 0.384 e. The van der Waals surface area contributed by atoms with Gasteiger partial charge in [0, 0.05) is 35.0 Å². The Bertz CT molecular complexity index is 598. The number of piperazine rings is 1. The van der Waals surface area contributed by atoms with Gasteiger partial charge < -0.3 is 14.9 Å². The molecule has 0 unspecified atom stereocenters. The molecule has 1 aromatic rings. The summed E-state index contributed by atoms with van der Waals surface area (Å²) >= 11 is 1.50. The zero-order valence-electron chi connectivity index (χ0n) is 12.1. The van der Waals surface area contributed by atoms with Crippen LogP contribution in [0.3, 0.4) is 0 Å². The lowest BCUT2D eigenvalue weighted by atomic mass is 10.2. The minimum atomic E-state index is -0.439. The Balaban J connectivity index is 2.02. The number of hydrogen-bond acceptors (Lipinski definition) is 4. The van der Waals surface area contributed by atoms with E-state index in [4.69, 9.17) is 5.11 Å². The maximum Gasteiger partial charge on any atom is 0.312 e. The maximum atomic E-state index is 12.1. The van der Waals surface area contributed by atoms with Gasteiger partial charge in [-0.3, -0.25) is 9.59 Å². The predicted octanol–water partition coefficient (Wildman–Crippen LogP) is 0.671. The van der Waals surface area contributed by atoms with Gasteiger partial charge in [-0.25, -0.2) is 0 Å². The molecule has 2 amide bonds. The molecule has 2 heterocycles. The van der Waals surface area contributed by atoms with Crippen LogP contribution in [0, 0.1) is 11.8 Å². The molecule has 0 bridgehead atoms. The lowest BCUT2D eigenvalue weighted by Gasteiger charge is -2.35. The van der Waals surface area contributed by atoms with Crippen molar-refractivity contribution >= 4 is 23.2 Å². The highest BCUT2D eigenvalue weighted by Gasteiger charge is 2.33. The van der Waals surface area contributed by atoms with E-state index in [1.165, 1.54) is 11.3 Å². The standard InChI is InChI=1S/C15H18N2O3S/c1-11(2)17-6-5-16(14(19)15(17)20)9-13-8-12(10-21-13)4-3-7-18/h8,10-11,18H,5-7,9H2,1-2H3. The average Bonchev–Trinajstić information content (AvgIpc) is 2.89. The summed E-state index contributed by atoms with van der Waals surface area (Å²) in [6.45, 7) is 5.21. The number of aliphatic hydroxyl groups excluding tert-OH is 1. The van der Waals surface area contributed by atoms with Crippen LogP contribution < -0.4 is 0 Å². The Morgan fingerprint density at radius 2 is 2.10 bits per heavy atom. The number of thiophene rings is 1. The smallest absolute Gasteiger partial charge is 0.312 e. The SMILES string of the molecule is CC(C)N1CCN(Cc2cc(C#CCO)cs2)C(=O)C1=O. The highest BCUT2D eigenvalue weighted by Crippen LogP contribution is 2.18. The Labute approximate surface area is 128 Å². The van der Waals surface area contributed by atoms with Gasteiger partial charge in [0.05, 0.1) is 6.54 Å². The van der Waals surface area contributed by atoms with E-state index < -0.39 is 11.8 Å². The topological polar surface area (TPSA) is 60.9 Å². The molecular weight excluding hydrogens is 288 g/mol. The third kappa shape index (κ3) is 3.63. The minimum Gasteiger partial charge on any atom is -0.384 e. The van der Waals surface area contributed by atoms with Crippen molar-refractivity contribution < 1.29 is 14.7 Å². The van der Waals surface area contributed by atoms with Crippen LogP contribution in [0.25, 0.3) is 0 Å². The van der Waals surface area contributed by atoms with E-state index in [1.807, 2.05) is 25.3 Å². The van der Waals surface area contributed by atoms with E-state index in [-0.39, 0.29) is 12.6 Å². The molecule has 1 fully saturated rings. The average molecular weight is 306 g/mol. The lowest BCUT2D eigenvalue weighted by molar-refractivity contribution is -0.157. The number of aliphatic hydroxyl groups is 1. The first kappa shape index (κ1) is 15.5. The van der Waals surface area contributed by atoms with Crippen LogP contribution >= 0.6 is 11.3 Å². The lowest BCUT2D eigenvalue weighted by Crippen LogP contribution is -2.55. The van der Waals surface area contributed by atoms with Gasteiger partial charge in [-0.1, -0.05) is 11.8 Å². The van der Waals surface area contributed by atoms with Crippen LogP contribution in [0.15, 0.2) is 11.4 Å². The van der Waals surface area contributed by atoms with Gasteiger partial charge in [0.25, 0.3) is 0 Å². The fraction of sp³-hybridized carbons (Fsp3) is 0.467. The van der Waals surface area contributed by atoms with Gasteiger partial charge >= 0.3 is 11.8 Å². The fourth-order valence-corrected chi connectivity index (χ4v) is 3.02. The molecule has 1 aromatic heterocycles. The molecule has 1 aliphatic rings. The summed E-state index contributed by atoms with van der Waals surface area (Å²) in [5, 5.41) is 10.5. The van der Waals surface area contributed by atoms with Crippen molar-refractivity contribution in [2.75, 3.05) is 19.7 Å². The van der Waals surface area contributed by atoms with E-state index in [1.54, 1.807) is 9.80 Å². The van der Waals surface area contributed by atoms with Crippen molar-refractivity contribution in [3.63, 3.8) is 0 Å². The summed E-state index contributed by atoms with van der Waals surface area (Å²) in [5.74, 6) is 4.55. The first-order valence-electron chi connectivity index (χ1n) is 6.80. The Morgan fingerprint density at radius 3 is 2.76 bits per heavy atom. The summed E-state index contributed by atoms with van der Waals surface area (Å²) in [6.07, 6.45) is 0. The van der Waals surface area contributed by atoms with E-state index >= 15 is 0 Å². The molecule has 1 saturated heterocycles. The molecular formula is C15H18N2O3S. The van der Waals surface area contributed by atoms with Crippen molar-refractivity contribution in [2.45, 2.75) is 26.4 Å². The van der Waals surface area contributed by atoms with E-state index in [0.717, 1.165) is 10.4 Å². The number of carbonyl (C=O) groups excluding carboxylic acids is 2. The van der Waals surface area contributed by atoms with Gasteiger partial charge in [-0.2, -0.15) is 0 Å². The molecule has 1 N–H and O–H groups in total. The summed E-state index contributed by atoms with van der Waals surface area (Å²) in [7, 11) is 0. The second-order valence-corrected chi connectivity index (χ2v) is 6.08. The molecule has 0 radical (unpaired) electrons. The summed E-state index contributed by atoms with van der Waals surface area (Å²) in [4.78, 5) is 28.3. The Kier molecular flexibility index (Phi) is 4.99. The number of hydrogen-bond donors (Lipinski definition) is 1. The van der Waals surface area contributed by atoms with Crippen LogP contribution in [-0.2, 0) is 16.1 Å². The van der Waals surface area contributed by atoms with Gasteiger partial charge in [0.1, 0.15) is 6.61 Å². The van der Waals surface area contributed by atoms with Crippen LogP contribution in [0.1, 0.15) is 24.3 Å². The predicted molar refractivity (Wildman–Crippen MR) is 80.5 cm³/mol. The third-order valence-electron chi connectivity index (χ3n) is 3.28. The van der Waals surface area contributed by atoms with Gasteiger partial charge in [-0.05, 0) is 19.9 Å². The van der Waals surface area contributed by atoms with Crippen molar-refractivity contribution in [1.29, 1.82) is 0 Å². The van der Waals surface area contributed by atoms with E-state index in [0.29, 0.717) is 19.6 Å². The number of carbonyl (C=O) groups is 2. The van der Waals surface area contributed by atoms with Crippen molar-refractivity contribution in [3.05, 3.63) is 21.9 Å². The second-order valence-electron chi connectivity index (χ2n) is 5.08. The number of rotatable bonds is 3. The van der Waals surface area contributed by atoms with E-state index in [2.05, 4.69) is 11.8 Å². The van der Waals surface area contributed by atoms with Crippen LogP contribution in [0.5, 0.6) is 0 Å². The Hall–Kier alpha value is -1.84. The molecule has 112 valence electrons. The van der Waals surface area contributed by atoms with Gasteiger partial charge in [0.2, 0.25) is 0 Å². The minimum absolute atomic E-state index is 0.0469. The molecule has 1 aliphatic heterocycles. The first-order chi connectivity index (χ1) is 10.0. The number of nitrogens with zero attached hydrogens (tertiary/aromatic N) is 2. The van der Waals surface area contributed by atoms with Crippen molar-refractivity contribution in [3.8, 4) is 11.8 Å². The molecule has 0 saturated carbocycles. The fourth-order valence-electron chi connectivity index (χ4n) is 2.19. The third-order valence-corrected chi connectivity index (χ3v) is 4.20. The molecule has 2 rings (SSSR count). The number of amides is 2. The molecule has 21 heavy (non-hydrogen) atoms. The second kappa shape index (κ2) is 6.74. The van der Waals surface area contributed by atoms with Gasteiger partial charge in [0.15, 0.2) is 0 Å². The van der Waals surface area contributed by atoms with Crippen LogP contribution in [0.4, 0.5) is 0 Å². The summed E-state index contributed by atoms with van der Waals surface area (Å²) < 4.78 is 0. The molecule has 6 heteroatoms. The monoisotopic (exact) mass is 306 g/mol. The highest BCUT2D eigenvalue weighted by molar-refractivity contribution is 7.10. The summed E-state index contributed by atoms with van der Waals surface area (Å²) in [6, 6.07) is 1.94. The van der Waals surface area contributed by atoms with Gasteiger partial charge in [-0.15, -0.1) is 11.3 Å². The zero-order valence-corrected chi connectivity index (χ0v) is 12.9. The first-order valence-corrected chi connectivity index (χ1v) is 7.68. The summed E-state index contributed by atoms with van der Waals surface area (Å²) in [5.41, 5.74) is 0.823. The van der Waals surface area contributed by atoms with E-state index in [9.17, 15) is 9.59 Å². The molecule has 0 aromatic carbocycles. The van der Waals surface area contributed by atoms with Crippen molar-refractivity contribution in [2.24, 2.45) is 0 Å².